The van der Waals surface area contributed by atoms with E-state index in [-0.39, 0.29) is 0 Å². The lowest BCUT2D eigenvalue weighted by atomic mass is 10.1. The first-order valence-electron chi connectivity index (χ1n) is 3.44. The fourth-order valence-corrected chi connectivity index (χ4v) is 1.62. The summed E-state index contributed by atoms with van der Waals surface area (Å²) < 4.78 is 0. The Hall–Kier alpha value is -1.20. The molecule has 62 valence electrons. The van der Waals surface area contributed by atoms with Gasteiger partial charge in [-0.15, -0.1) is 0 Å². The van der Waals surface area contributed by atoms with Gasteiger partial charge in [-0.25, -0.2) is 0 Å². The quantitative estimate of drug-likeness (QED) is 0.725. The molecule has 0 bridgehead atoms. The van der Waals surface area contributed by atoms with E-state index in [4.69, 9.17) is 0 Å². The number of aromatic nitrogens is 3. The molecule has 0 fully saturated rings. The van der Waals surface area contributed by atoms with Crippen LogP contribution in [0.3, 0.4) is 0 Å². The molecule has 0 aliphatic heterocycles. The molecule has 1 atom stereocenters. The van der Waals surface area contributed by atoms with Crippen LogP contribution in [0.25, 0.3) is 0 Å². The highest BCUT2D eigenvalue weighted by molar-refractivity contribution is 7.07. The molecule has 0 radical (unpaired) electrons. The Bertz CT molecular complexity index is 295. The van der Waals surface area contributed by atoms with Crippen LogP contribution in [-0.2, 0) is 0 Å². The monoisotopic (exact) mass is 181 g/mol. The van der Waals surface area contributed by atoms with E-state index in [2.05, 4.69) is 15.4 Å². The van der Waals surface area contributed by atoms with Crippen molar-refractivity contribution in [3.8, 4) is 0 Å². The zero-order valence-corrected chi connectivity index (χ0v) is 6.95. The van der Waals surface area contributed by atoms with Gasteiger partial charge in [-0.05, 0) is 22.4 Å². The first-order chi connectivity index (χ1) is 5.88. The van der Waals surface area contributed by atoms with E-state index in [1.165, 1.54) is 6.20 Å². The van der Waals surface area contributed by atoms with Crippen molar-refractivity contribution < 1.29 is 5.11 Å². The van der Waals surface area contributed by atoms with Crippen molar-refractivity contribution >= 4 is 11.3 Å². The van der Waals surface area contributed by atoms with Crippen LogP contribution in [0.1, 0.15) is 17.4 Å². The minimum absolute atomic E-state index is 0.549. The second-order valence-corrected chi connectivity index (χ2v) is 3.13. The molecule has 2 rings (SSSR count). The number of aliphatic hydroxyl groups is 1. The van der Waals surface area contributed by atoms with Gasteiger partial charge in [0.15, 0.2) is 0 Å². The number of rotatable bonds is 2. The zero-order chi connectivity index (χ0) is 8.39. The minimum atomic E-state index is -0.657. The Morgan fingerprint density at radius 3 is 3.08 bits per heavy atom. The number of nitrogens with one attached hydrogen (secondary N) is 1. The molecule has 0 aliphatic carbocycles. The van der Waals surface area contributed by atoms with Crippen molar-refractivity contribution in [2.45, 2.75) is 6.10 Å². The van der Waals surface area contributed by atoms with Crippen molar-refractivity contribution in [3.63, 3.8) is 0 Å². The normalized spacial score (nSPS) is 13.1. The first-order valence-corrected chi connectivity index (χ1v) is 4.38. The smallest absolute Gasteiger partial charge is 0.125 e. The summed E-state index contributed by atoms with van der Waals surface area (Å²) in [6.45, 7) is 0. The highest BCUT2D eigenvalue weighted by Gasteiger charge is 2.12. The number of aliphatic hydroxyl groups excluding tert-OH is 1. The van der Waals surface area contributed by atoms with Crippen LogP contribution in [-0.4, -0.2) is 20.5 Å². The maximum Gasteiger partial charge on any atom is 0.125 e. The average Bonchev–Trinajstić information content (AvgIpc) is 2.77. The molecule has 0 aliphatic rings. The molecule has 0 spiro atoms. The Morgan fingerprint density at radius 1 is 1.58 bits per heavy atom. The van der Waals surface area contributed by atoms with Gasteiger partial charge < -0.3 is 5.11 Å². The van der Waals surface area contributed by atoms with Gasteiger partial charge in [0.05, 0.1) is 6.20 Å². The predicted octanol–water partition coefficient (Wildman–Crippen LogP) is 0.948. The van der Waals surface area contributed by atoms with E-state index in [9.17, 15) is 5.11 Å². The molecule has 0 saturated heterocycles. The molecule has 0 aromatic carbocycles. The number of aromatic amines is 1. The molecular weight excluding hydrogens is 174 g/mol. The largest absolute Gasteiger partial charge is 0.382 e. The van der Waals surface area contributed by atoms with E-state index in [0.717, 1.165) is 5.56 Å². The lowest BCUT2D eigenvalue weighted by Gasteiger charge is -2.02. The summed E-state index contributed by atoms with van der Waals surface area (Å²) in [6, 6.07) is 1.87. The molecule has 2 N–H and O–H groups in total. The van der Waals surface area contributed by atoms with Gasteiger partial charge >= 0.3 is 0 Å². The maximum absolute atomic E-state index is 9.65. The van der Waals surface area contributed by atoms with Crippen LogP contribution in [0.4, 0.5) is 0 Å². The van der Waals surface area contributed by atoms with Gasteiger partial charge in [-0.3, -0.25) is 0 Å². The van der Waals surface area contributed by atoms with Crippen molar-refractivity contribution in [1.29, 1.82) is 0 Å². The fourth-order valence-electron chi connectivity index (χ4n) is 0.944. The van der Waals surface area contributed by atoms with Crippen LogP contribution in [0.5, 0.6) is 0 Å². The van der Waals surface area contributed by atoms with Crippen LogP contribution < -0.4 is 0 Å². The van der Waals surface area contributed by atoms with Gasteiger partial charge in [0, 0.05) is 0 Å². The van der Waals surface area contributed by atoms with Gasteiger partial charge in [0.2, 0.25) is 0 Å². The number of hydrogen-bond acceptors (Lipinski definition) is 4. The standard InChI is InChI=1S/C7H7N3OS/c11-7(5-1-2-12-4-5)6-3-8-10-9-6/h1-4,7,11H,(H,8,9,10). The first kappa shape index (κ1) is 7.45. The molecule has 5 heteroatoms. The number of hydrogen-bond donors (Lipinski definition) is 2. The highest BCUT2D eigenvalue weighted by Crippen LogP contribution is 2.20. The van der Waals surface area contributed by atoms with E-state index in [0.29, 0.717) is 5.69 Å². The lowest BCUT2D eigenvalue weighted by molar-refractivity contribution is 0.215. The highest BCUT2D eigenvalue weighted by atomic mass is 32.1. The summed E-state index contributed by atoms with van der Waals surface area (Å²) in [7, 11) is 0. The molecule has 1 unspecified atom stereocenters. The molecule has 4 nitrogen and oxygen atoms in total. The van der Waals surface area contributed by atoms with Crippen LogP contribution in [0, 0.1) is 0 Å². The molecule has 2 aromatic heterocycles. The third-order valence-electron chi connectivity index (χ3n) is 1.57. The van der Waals surface area contributed by atoms with Gasteiger partial charge in [0.1, 0.15) is 11.8 Å². The molecule has 2 aromatic rings. The van der Waals surface area contributed by atoms with Crippen molar-refractivity contribution in [1.82, 2.24) is 15.4 Å². The fraction of sp³-hybridized carbons (Fsp3) is 0.143. The summed E-state index contributed by atoms with van der Waals surface area (Å²) in [6.07, 6.45) is 0.859. The van der Waals surface area contributed by atoms with Gasteiger partial charge in [-0.1, -0.05) is 0 Å². The van der Waals surface area contributed by atoms with Crippen molar-refractivity contribution in [2.75, 3.05) is 0 Å². The Kier molecular flexibility index (Phi) is 1.89. The van der Waals surface area contributed by atoms with E-state index < -0.39 is 6.10 Å². The average molecular weight is 181 g/mol. The SMILES string of the molecule is OC(c1ccsc1)c1cn[nH]n1. The lowest BCUT2D eigenvalue weighted by Crippen LogP contribution is -1.97. The molecular formula is C7H7N3OS. The Labute approximate surface area is 72.9 Å². The molecule has 2 heterocycles. The molecule has 0 saturated carbocycles. The number of thiophene rings is 1. The summed E-state index contributed by atoms with van der Waals surface area (Å²) >= 11 is 1.55. The van der Waals surface area contributed by atoms with Crippen molar-refractivity contribution in [2.24, 2.45) is 0 Å². The second kappa shape index (κ2) is 3.04. The van der Waals surface area contributed by atoms with E-state index in [1.54, 1.807) is 11.3 Å². The summed E-state index contributed by atoms with van der Waals surface area (Å²) in [5.41, 5.74) is 1.40. The Morgan fingerprint density at radius 2 is 2.50 bits per heavy atom. The molecule has 12 heavy (non-hydrogen) atoms. The summed E-state index contributed by atoms with van der Waals surface area (Å²) in [5, 5.41) is 23.3. The predicted molar refractivity (Wildman–Crippen MR) is 44.8 cm³/mol. The van der Waals surface area contributed by atoms with Crippen LogP contribution in [0.15, 0.2) is 23.0 Å². The minimum Gasteiger partial charge on any atom is -0.382 e. The van der Waals surface area contributed by atoms with Gasteiger partial charge in [-0.2, -0.15) is 26.7 Å². The van der Waals surface area contributed by atoms with Crippen molar-refractivity contribution in [3.05, 3.63) is 34.3 Å². The van der Waals surface area contributed by atoms with Gasteiger partial charge in [0.25, 0.3) is 0 Å². The molecule has 0 amide bonds. The number of H-pyrrole nitrogens is 1. The number of nitrogens with zero attached hydrogens (tertiary/aromatic N) is 2. The third-order valence-corrected chi connectivity index (χ3v) is 2.27. The summed E-state index contributed by atoms with van der Waals surface area (Å²) in [4.78, 5) is 0. The van der Waals surface area contributed by atoms with E-state index >= 15 is 0 Å². The zero-order valence-electron chi connectivity index (χ0n) is 6.14. The van der Waals surface area contributed by atoms with E-state index in [1.807, 2.05) is 16.8 Å². The third kappa shape index (κ3) is 1.24. The maximum atomic E-state index is 9.65. The Balaban J connectivity index is 2.27. The summed E-state index contributed by atoms with van der Waals surface area (Å²) in [5.74, 6) is 0. The topological polar surface area (TPSA) is 61.8 Å². The second-order valence-electron chi connectivity index (χ2n) is 2.35. The van der Waals surface area contributed by atoms with Crippen LogP contribution in [0.2, 0.25) is 0 Å². The van der Waals surface area contributed by atoms with Crippen LogP contribution >= 0.6 is 11.3 Å².